The predicted octanol–water partition coefficient (Wildman–Crippen LogP) is 6.11. The zero-order valence-electron chi connectivity index (χ0n) is 18.7. The maximum absolute atomic E-state index is 11.9. The molecule has 1 aromatic carbocycles. The van der Waals surface area contributed by atoms with Crippen LogP contribution in [0.2, 0.25) is 18.1 Å². The van der Waals surface area contributed by atoms with Gasteiger partial charge in [0.15, 0.2) is 8.32 Å². The molecular weight excluding hydrogens is 462 g/mol. The normalized spacial score (nSPS) is 20.7. The lowest BCUT2D eigenvalue weighted by molar-refractivity contribution is 0.0181. The van der Waals surface area contributed by atoms with Crippen molar-refractivity contribution in [2.45, 2.75) is 83.3 Å². The molecule has 30 heavy (non-hydrogen) atoms. The van der Waals surface area contributed by atoms with Gasteiger partial charge in [-0.05, 0) is 62.0 Å². The second-order valence-corrected chi connectivity index (χ2v) is 15.5. The molecule has 1 saturated heterocycles. The minimum Gasteiger partial charge on any atom is -0.465 e. The zero-order chi connectivity index (χ0) is 22.1. The van der Waals surface area contributed by atoms with Crippen LogP contribution in [0, 0.1) is 0 Å². The lowest BCUT2D eigenvalue weighted by atomic mass is 9.95. The van der Waals surface area contributed by atoms with Crippen molar-refractivity contribution in [2.24, 2.45) is 0 Å². The minimum atomic E-state index is -1.97. The first kappa shape index (κ1) is 23.3. The van der Waals surface area contributed by atoms with Crippen LogP contribution in [-0.4, -0.2) is 52.7 Å². The summed E-state index contributed by atoms with van der Waals surface area (Å²) in [4.78, 5) is 18.0. The Bertz CT molecular complexity index is 893. The molecule has 1 aliphatic heterocycles. The highest BCUT2D eigenvalue weighted by atomic mass is 79.9. The number of aromatic nitrogens is 2. The third kappa shape index (κ3) is 5.08. The van der Waals surface area contributed by atoms with Gasteiger partial charge in [-0.1, -0.05) is 36.7 Å². The summed E-state index contributed by atoms with van der Waals surface area (Å²) in [5, 5.41) is 9.90. The summed E-state index contributed by atoms with van der Waals surface area (Å²) in [6.45, 7) is 12.6. The summed E-state index contributed by atoms with van der Waals surface area (Å²) in [7, 11) is -1.97. The van der Waals surface area contributed by atoms with E-state index in [-0.39, 0.29) is 17.2 Å². The summed E-state index contributed by atoms with van der Waals surface area (Å²) in [6.07, 6.45) is 4.48. The van der Waals surface area contributed by atoms with Crippen molar-refractivity contribution < 1.29 is 14.3 Å². The van der Waals surface area contributed by atoms with Crippen LogP contribution in [0.4, 0.5) is 4.79 Å². The highest BCUT2D eigenvalue weighted by Crippen LogP contribution is 2.39. The number of amides is 1. The zero-order valence-corrected chi connectivity index (χ0v) is 21.3. The molecule has 8 heteroatoms. The standard InChI is InChI=1S/C22H34BrN3O3Si/c1-22(2,3)30(4,5)29-20-9-7-13-26(21(27)28)18(20)8-6-12-25-15-24-17-11-10-16(23)14-19(17)25/h10-11,14-15,18,20H,6-9,12-13H2,1-5H3,(H,27,28)/t18-,20+/m1/s1. The van der Waals surface area contributed by atoms with E-state index in [1.807, 2.05) is 18.5 Å². The fraction of sp³-hybridized carbons (Fsp3) is 0.636. The Morgan fingerprint density at radius 3 is 2.77 bits per heavy atom. The fourth-order valence-electron chi connectivity index (χ4n) is 3.97. The van der Waals surface area contributed by atoms with Crippen LogP contribution in [-0.2, 0) is 11.0 Å². The van der Waals surface area contributed by atoms with Gasteiger partial charge in [-0.25, -0.2) is 9.78 Å². The van der Waals surface area contributed by atoms with E-state index in [1.165, 1.54) is 0 Å². The van der Waals surface area contributed by atoms with Crippen LogP contribution in [0.1, 0.15) is 46.5 Å². The highest BCUT2D eigenvalue weighted by Gasteiger charge is 2.43. The van der Waals surface area contributed by atoms with Crippen molar-refractivity contribution in [1.29, 1.82) is 0 Å². The first-order valence-electron chi connectivity index (χ1n) is 10.8. The van der Waals surface area contributed by atoms with E-state index in [2.05, 4.69) is 65.4 Å². The fourth-order valence-corrected chi connectivity index (χ4v) is 5.71. The average molecular weight is 497 g/mol. The number of benzene rings is 1. The van der Waals surface area contributed by atoms with Crippen molar-refractivity contribution in [3.63, 3.8) is 0 Å². The third-order valence-electron chi connectivity index (χ3n) is 6.70. The Morgan fingerprint density at radius 2 is 2.10 bits per heavy atom. The van der Waals surface area contributed by atoms with Crippen molar-refractivity contribution in [1.82, 2.24) is 14.5 Å². The molecule has 0 aliphatic carbocycles. The van der Waals surface area contributed by atoms with Gasteiger partial charge in [0.2, 0.25) is 0 Å². The number of likely N-dealkylation sites (tertiary alicyclic amines) is 1. The first-order chi connectivity index (χ1) is 14.0. The van der Waals surface area contributed by atoms with Gasteiger partial charge in [-0.15, -0.1) is 0 Å². The maximum atomic E-state index is 11.9. The molecule has 1 amide bonds. The van der Waals surface area contributed by atoms with Gasteiger partial charge >= 0.3 is 6.09 Å². The van der Waals surface area contributed by atoms with Gasteiger partial charge < -0.3 is 19.0 Å². The smallest absolute Gasteiger partial charge is 0.407 e. The summed E-state index contributed by atoms with van der Waals surface area (Å²) in [5.41, 5.74) is 2.07. The third-order valence-corrected chi connectivity index (χ3v) is 11.7. The second kappa shape index (κ2) is 9.00. The quantitative estimate of drug-likeness (QED) is 0.490. The summed E-state index contributed by atoms with van der Waals surface area (Å²) in [5.74, 6) is 0. The Morgan fingerprint density at radius 1 is 1.37 bits per heavy atom. The summed E-state index contributed by atoms with van der Waals surface area (Å²) >= 11 is 3.53. The molecule has 2 atom stereocenters. The Kier molecular flexibility index (Phi) is 6.99. The van der Waals surface area contributed by atoms with Crippen LogP contribution in [0.5, 0.6) is 0 Å². The van der Waals surface area contributed by atoms with Gasteiger partial charge in [-0.3, -0.25) is 0 Å². The molecule has 3 rings (SSSR count). The van der Waals surface area contributed by atoms with Crippen LogP contribution >= 0.6 is 15.9 Å². The second-order valence-electron chi connectivity index (χ2n) is 9.82. The monoisotopic (exact) mass is 495 g/mol. The van der Waals surface area contributed by atoms with Crippen molar-refractivity contribution in [3.8, 4) is 0 Å². The lowest BCUT2D eigenvalue weighted by Gasteiger charge is -2.46. The van der Waals surface area contributed by atoms with Crippen LogP contribution in [0.15, 0.2) is 29.0 Å². The van der Waals surface area contributed by atoms with Gasteiger partial charge in [0, 0.05) is 17.6 Å². The molecule has 0 spiro atoms. The van der Waals surface area contributed by atoms with Crippen molar-refractivity contribution in [3.05, 3.63) is 29.0 Å². The number of carboxylic acid groups (broad SMARTS) is 1. The van der Waals surface area contributed by atoms with Crippen LogP contribution in [0.3, 0.4) is 0 Å². The van der Waals surface area contributed by atoms with Gasteiger partial charge in [0.05, 0.1) is 29.5 Å². The number of piperidine rings is 1. The molecule has 6 nitrogen and oxygen atoms in total. The number of halogens is 1. The van der Waals surface area contributed by atoms with E-state index in [0.29, 0.717) is 6.54 Å². The van der Waals surface area contributed by atoms with Gasteiger partial charge in [0.1, 0.15) is 0 Å². The Balaban J connectivity index is 1.73. The summed E-state index contributed by atoms with van der Waals surface area (Å²) in [6, 6.07) is 5.99. The molecule has 0 saturated carbocycles. The number of fused-ring (bicyclic) bond motifs is 1. The van der Waals surface area contributed by atoms with Crippen LogP contribution in [0.25, 0.3) is 11.0 Å². The van der Waals surface area contributed by atoms with Crippen molar-refractivity contribution >= 4 is 41.4 Å². The number of carbonyl (C=O) groups is 1. The number of aryl methyl sites for hydroxylation is 1. The molecule has 1 N–H and O–H groups in total. The van der Waals surface area contributed by atoms with Gasteiger partial charge in [0.25, 0.3) is 0 Å². The number of nitrogens with zero attached hydrogens (tertiary/aromatic N) is 3. The van der Waals surface area contributed by atoms with E-state index in [0.717, 1.165) is 47.7 Å². The number of rotatable bonds is 6. The average Bonchev–Trinajstić information content (AvgIpc) is 3.03. The molecule has 2 aromatic rings. The van der Waals surface area contributed by atoms with Crippen LogP contribution < -0.4 is 0 Å². The molecular formula is C22H34BrN3O3Si. The lowest BCUT2D eigenvalue weighted by Crippen LogP contribution is -2.55. The SMILES string of the molecule is CC(C)(C)[Si](C)(C)O[C@H]1CCCN(C(=O)O)[C@@H]1CCCn1cnc2ccc(Br)cc21. The molecule has 0 unspecified atom stereocenters. The molecule has 166 valence electrons. The van der Waals surface area contributed by atoms with E-state index < -0.39 is 14.4 Å². The molecule has 0 bridgehead atoms. The number of hydrogen-bond acceptors (Lipinski definition) is 3. The first-order valence-corrected chi connectivity index (χ1v) is 14.5. The van der Waals surface area contributed by atoms with E-state index in [9.17, 15) is 9.90 Å². The molecule has 0 radical (unpaired) electrons. The van der Waals surface area contributed by atoms with Crippen molar-refractivity contribution in [2.75, 3.05) is 6.54 Å². The predicted molar refractivity (Wildman–Crippen MR) is 126 cm³/mol. The molecule has 2 heterocycles. The van der Waals surface area contributed by atoms with E-state index in [4.69, 9.17) is 4.43 Å². The summed E-state index contributed by atoms with van der Waals surface area (Å²) < 4.78 is 9.90. The molecule has 1 aliphatic rings. The Hall–Kier alpha value is -1.38. The Labute approximate surface area is 188 Å². The van der Waals surface area contributed by atoms with E-state index >= 15 is 0 Å². The van der Waals surface area contributed by atoms with E-state index in [1.54, 1.807) is 4.90 Å². The maximum Gasteiger partial charge on any atom is 0.407 e. The number of imidazole rings is 1. The minimum absolute atomic E-state index is 0.0237. The largest absolute Gasteiger partial charge is 0.465 e. The molecule has 1 aromatic heterocycles. The topological polar surface area (TPSA) is 67.6 Å². The number of hydrogen-bond donors (Lipinski definition) is 1. The van der Waals surface area contributed by atoms with Gasteiger partial charge in [-0.2, -0.15) is 0 Å². The molecule has 1 fully saturated rings. The highest BCUT2D eigenvalue weighted by molar-refractivity contribution is 9.10.